The number of carbonyl (C=O) groups excluding carboxylic acids is 1. The van der Waals surface area contributed by atoms with E-state index in [1.165, 1.54) is 7.11 Å². The molecule has 0 radical (unpaired) electrons. The van der Waals surface area contributed by atoms with Crippen molar-refractivity contribution in [2.24, 2.45) is 5.92 Å². The van der Waals surface area contributed by atoms with Crippen molar-refractivity contribution in [3.63, 3.8) is 0 Å². The Morgan fingerprint density at radius 2 is 1.89 bits per heavy atom. The van der Waals surface area contributed by atoms with E-state index in [9.17, 15) is 4.79 Å². The van der Waals surface area contributed by atoms with Crippen LogP contribution in [-0.4, -0.2) is 29.7 Å². The number of rotatable bonds is 2. The summed E-state index contributed by atoms with van der Waals surface area (Å²) in [5.41, 5.74) is -0.222. The fourth-order valence-corrected chi connectivity index (χ4v) is 2.81. The molecule has 1 aliphatic carbocycles. The van der Waals surface area contributed by atoms with Crippen LogP contribution in [0, 0.1) is 17.2 Å². The molecule has 0 spiro atoms. The van der Waals surface area contributed by atoms with Gasteiger partial charge in [0, 0.05) is 18.0 Å². The average Bonchev–Trinajstić information content (AvgIpc) is 2.30. The zero-order valence-corrected chi connectivity index (χ0v) is 11.9. The van der Waals surface area contributed by atoms with Gasteiger partial charge in [0.2, 0.25) is 0 Å². The summed E-state index contributed by atoms with van der Waals surface area (Å²) >= 11 is 0. The standard InChI is InChI=1S/C14H24N2O2/c1-14(2,3)16(13(17)18-4)12-7-5-11(6-8-12)9-10-15/h11-12H,5-9H2,1-4H3. The molecule has 1 saturated carbocycles. The monoisotopic (exact) mass is 252 g/mol. The third kappa shape index (κ3) is 3.63. The highest BCUT2D eigenvalue weighted by Gasteiger charge is 2.36. The predicted molar refractivity (Wildman–Crippen MR) is 70.0 cm³/mol. The molecule has 0 saturated heterocycles. The topological polar surface area (TPSA) is 53.3 Å². The molecule has 1 amide bonds. The van der Waals surface area contributed by atoms with E-state index in [1.54, 1.807) is 0 Å². The maximum Gasteiger partial charge on any atom is 0.410 e. The summed E-state index contributed by atoms with van der Waals surface area (Å²) in [7, 11) is 1.43. The van der Waals surface area contributed by atoms with Crippen molar-refractivity contribution in [1.29, 1.82) is 5.26 Å². The van der Waals surface area contributed by atoms with Crippen molar-refractivity contribution in [2.45, 2.75) is 64.5 Å². The van der Waals surface area contributed by atoms with Crippen molar-refractivity contribution in [3.05, 3.63) is 0 Å². The molecule has 0 aromatic rings. The van der Waals surface area contributed by atoms with Crippen molar-refractivity contribution in [3.8, 4) is 6.07 Å². The minimum atomic E-state index is -0.244. The van der Waals surface area contributed by atoms with Gasteiger partial charge in [-0.05, 0) is 52.4 Å². The van der Waals surface area contributed by atoms with E-state index in [0.29, 0.717) is 12.3 Å². The molecule has 1 fully saturated rings. The summed E-state index contributed by atoms with van der Waals surface area (Å²) in [6.07, 6.45) is 4.40. The van der Waals surface area contributed by atoms with Crippen molar-refractivity contribution >= 4 is 6.09 Å². The Bertz CT molecular complexity index is 320. The molecule has 0 atom stereocenters. The Kier molecular flexibility index (Phi) is 5.01. The molecule has 0 aromatic heterocycles. The van der Waals surface area contributed by atoms with Gasteiger partial charge in [-0.15, -0.1) is 0 Å². The van der Waals surface area contributed by atoms with Crippen molar-refractivity contribution in [2.75, 3.05) is 7.11 Å². The minimum Gasteiger partial charge on any atom is -0.453 e. The van der Waals surface area contributed by atoms with Gasteiger partial charge in [-0.2, -0.15) is 5.26 Å². The largest absolute Gasteiger partial charge is 0.453 e. The van der Waals surface area contributed by atoms with E-state index < -0.39 is 0 Å². The molecular formula is C14H24N2O2. The average molecular weight is 252 g/mol. The van der Waals surface area contributed by atoms with Gasteiger partial charge in [0.1, 0.15) is 0 Å². The van der Waals surface area contributed by atoms with E-state index in [0.717, 1.165) is 25.7 Å². The lowest BCUT2D eigenvalue weighted by Gasteiger charge is -2.43. The molecule has 0 aromatic carbocycles. The van der Waals surface area contributed by atoms with Crippen LogP contribution in [0.3, 0.4) is 0 Å². The van der Waals surface area contributed by atoms with Crippen LogP contribution in [0.5, 0.6) is 0 Å². The number of ether oxygens (including phenoxy) is 1. The van der Waals surface area contributed by atoms with Gasteiger partial charge in [-0.1, -0.05) is 0 Å². The molecule has 0 aliphatic heterocycles. The molecule has 0 unspecified atom stereocenters. The maximum atomic E-state index is 11.9. The zero-order valence-electron chi connectivity index (χ0n) is 11.9. The number of nitrogens with zero attached hydrogens (tertiary/aromatic N) is 2. The van der Waals surface area contributed by atoms with Gasteiger partial charge >= 0.3 is 6.09 Å². The Morgan fingerprint density at radius 1 is 1.33 bits per heavy atom. The Morgan fingerprint density at radius 3 is 2.28 bits per heavy atom. The maximum absolute atomic E-state index is 11.9. The minimum absolute atomic E-state index is 0.222. The molecule has 102 valence electrons. The summed E-state index contributed by atoms with van der Waals surface area (Å²) in [6.45, 7) is 6.10. The van der Waals surface area contributed by atoms with Crippen LogP contribution in [0.15, 0.2) is 0 Å². The van der Waals surface area contributed by atoms with Gasteiger partial charge in [0.25, 0.3) is 0 Å². The third-order valence-corrected chi connectivity index (χ3v) is 3.66. The summed E-state index contributed by atoms with van der Waals surface area (Å²) in [4.78, 5) is 13.8. The molecule has 4 nitrogen and oxygen atoms in total. The molecule has 18 heavy (non-hydrogen) atoms. The highest BCUT2D eigenvalue weighted by atomic mass is 16.5. The van der Waals surface area contributed by atoms with E-state index in [1.807, 2.05) is 25.7 Å². The van der Waals surface area contributed by atoms with E-state index >= 15 is 0 Å². The Labute approximate surface area is 110 Å². The summed E-state index contributed by atoms with van der Waals surface area (Å²) in [5.74, 6) is 0.505. The molecular weight excluding hydrogens is 228 g/mol. The summed E-state index contributed by atoms with van der Waals surface area (Å²) in [5, 5.41) is 8.71. The van der Waals surface area contributed by atoms with E-state index in [4.69, 9.17) is 10.00 Å². The number of amides is 1. The lowest BCUT2D eigenvalue weighted by atomic mass is 9.82. The van der Waals surface area contributed by atoms with Crippen LogP contribution in [0.4, 0.5) is 4.79 Å². The summed E-state index contributed by atoms with van der Waals surface area (Å²) < 4.78 is 4.90. The van der Waals surface area contributed by atoms with Gasteiger partial charge < -0.3 is 9.64 Å². The second-order valence-electron chi connectivity index (χ2n) is 6.05. The number of nitriles is 1. The number of hydrogen-bond acceptors (Lipinski definition) is 3. The van der Waals surface area contributed by atoms with E-state index in [-0.39, 0.29) is 17.7 Å². The number of hydrogen-bond donors (Lipinski definition) is 0. The Balaban J connectivity index is 2.67. The zero-order chi connectivity index (χ0) is 13.8. The second kappa shape index (κ2) is 6.08. The summed E-state index contributed by atoms with van der Waals surface area (Å²) in [6, 6.07) is 2.48. The van der Waals surface area contributed by atoms with Gasteiger partial charge in [0.15, 0.2) is 0 Å². The second-order valence-corrected chi connectivity index (χ2v) is 6.05. The molecule has 4 heteroatoms. The lowest BCUT2D eigenvalue weighted by molar-refractivity contribution is 0.0397. The molecule has 1 rings (SSSR count). The predicted octanol–water partition coefficient (Wildman–Crippen LogP) is 3.33. The Hall–Kier alpha value is -1.24. The fraction of sp³-hybridized carbons (Fsp3) is 0.857. The smallest absolute Gasteiger partial charge is 0.410 e. The third-order valence-electron chi connectivity index (χ3n) is 3.66. The first kappa shape index (κ1) is 14.8. The molecule has 0 heterocycles. The van der Waals surface area contributed by atoms with Crippen LogP contribution < -0.4 is 0 Å². The van der Waals surface area contributed by atoms with Gasteiger partial charge in [-0.25, -0.2) is 4.79 Å². The van der Waals surface area contributed by atoms with Crippen LogP contribution >= 0.6 is 0 Å². The van der Waals surface area contributed by atoms with E-state index in [2.05, 4.69) is 6.07 Å². The normalized spacial score (nSPS) is 24.2. The lowest BCUT2D eigenvalue weighted by Crippen LogP contribution is -2.52. The van der Waals surface area contributed by atoms with Crippen molar-refractivity contribution in [1.82, 2.24) is 4.90 Å². The highest BCUT2D eigenvalue weighted by Crippen LogP contribution is 2.32. The highest BCUT2D eigenvalue weighted by molar-refractivity contribution is 5.68. The van der Waals surface area contributed by atoms with Crippen molar-refractivity contribution < 1.29 is 9.53 Å². The SMILES string of the molecule is COC(=O)N(C1CCC(CC#N)CC1)C(C)(C)C. The molecule has 1 aliphatic rings. The number of carbonyl (C=O) groups is 1. The number of methoxy groups -OCH3 is 1. The van der Waals surface area contributed by atoms with Crippen LogP contribution in [0.1, 0.15) is 52.9 Å². The van der Waals surface area contributed by atoms with Crippen LogP contribution in [0.25, 0.3) is 0 Å². The van der Waals surface area contributed by atoms with Crippen LogP contribution in [-0.2, 0) is 4.74 Å². The van der Waals surface area contributed by atoms with Gasteiger partial charge in [-0.3, -0.25) is 0 Å². The first-order valence-corrected chi connectivity index (χ1v) is 6.64. The fourth-order valence-electron chi connectivity index (χ4n) is 2.81. The first-order chi connectivity index (χ1) is 8.40. The molecule has 0 N–H and O–H groups in total. The van der Waals surface area contributed by atoms with Crippen LogP contribution in [0.2, 0.25) is 0 Å². The molecule has 0 bridgehead atoms. The quantitative estimate of drug-likeness (QED) is 0.757. The van der Waals surface area contributed by atoms with Gasteiger partial charge in [0.05, 0.1) is 13.2 Å². The first-order valence-electron chi connectivity index (χ1n) is 6.64.